The molecule has 0 spiro atoms. The van der Waals surface area contributed by atoms with Crippen molar-refractivity contribution in [2.24, 2.45) is 11.8 Å². The maximum Gasteiger partial charge on any atom is 0.0253 e. The molecular formula is C21H34N2. The maximum absolute atomic E-state index is 3.87. The second kappa shape index (κ2) is 8.30. The summed E-state index contributed by atoms with van der Waals surface area (Å²) in [4.78, 5) is 2.80. The molecule has 0 radical (unpaired) electrons. The Balaban J connectivity index is 1.69. The van der Waals surface area contributed by atoms with Crippen molar-refractivity contribution in [3.63, 3.8) is 0 Å². The lowest BCUT2D eigenvalue weighted by Gasteiger charge is -2.45. The Kier molecular flexibility index (Phi) is 6.13. The largest absolute Gasteiger partial charge is 0.311 e. The van der Waals surface area contributed by atoms with E-state index in [4.69, 9.17) is 0 Å². The van der Waals surface area contributed by atoms with Crippen LogP contribution in [0.5, 0.6) is 0 Å². The van der Waals surface area contributed by atoms with Crippen LogP contribution in [-0.4, -0.2) is 30.1 Å². The van der Waals surface area contributed by atoms with E-state index in [1.807, 2.05) is 0 Å². The minimum atomic E-state index is 0.665. The van der Waals surface area contributed by atoms with Gasteiger partial charge in [-0.2, -0.15) is 0 Å². The van der Waals surface area contributed by atoms with E-state index in [1.165, 1.54) is 57.2 Å². The van der Waals surface area contributed by atoms with Crippen molar-refractivity contribution >= 4 is 0 Å². The summed E-state index contributed by atoms with van der Waals surface area (Å²) in [6, 6.07) is 12.5. The highest BCUT2D eigenvalue weighted by atomic mass is 15.2. The van der Waals surface area contributed by atoms with E-state index < -0.39 is 0 Å². The molecule has 2 fully saturated rings. The number of hydrogen-bond acceptors (Lipinski definition) is 2. The maximum atomic E-state index is 3.87. The molecule has 1 aromatic rings. The molecule has 0 aromatic heterocycles. The number of nitrogens with zero attached hydrogens (tertiary/aromatic N) is 1. The fraction of sp³-hybridized carbons (Fsp3) is 0.714. The molecule has 1 heterocycles. The lowest BCUT2D eigenvalue weighted by atomic mass is 9.81. The van der Waals surface area contributed by atoms with Crippen LogP contribution in [-0.2, 0) is 6.54 Å². The summed E-state index contributed by atoms with van der Waals surface area (Å²) < 4.78 is 0. The van der Waals surface area contributed by atoms with E-state index in [2.05, 4.69) is 54.4 Å². The van der Waals surface area contributed by atoms with Gasteiger partial charge in [-0.25, -0.2) is 0 Å². The first-order valence-corrected chi connectivity index (χ1v) is 9.73. The van der Waals surface area contributed by atoms with Gasteiger partial charge in [0.2, 0.25) is 0 Å². The molecule has 2 atom stereocenters. The Labute approximate surface area is 142 Å². The van der Waals surface area contributed by atoms with Gasteiger partial charge in [0.25, 0.3) is 0 Å². The van der Waals surface area contributed by atoms with E-state index in [0.717, 1.165) is 24.4 Å². The van der Waals surface area contributed by atoms with Crippen LogP contribution in [0.4, 0.5) is 0 Å². The Bertz CT molecular complexity index is 450. The summed E-state index contributed by atoms with van der Waals surface area (Å²) in [7, 11) is 0. The molecule has 128 valence electrons. The van der Waals surface area contributed by atoms with Crippen molar-refractivity contribution in [2.45, 2.75) is 71.0 Å². The lowest BCUT2D eigenvalue weighted by molar-refractivity contribution is 0.0608. The zero-order chi connectivity index (χ0) is 16.1. The first kappa shape index (κ1) is 17.0. The molecule has 2 aliphatic rings. The van der Waals surface area contributed by atoms with Gasteiger partial charge in [0.1, 0.15) is 0 Å². The molecule has 1 aliphatic heterocycles. The standard InChI is InChI=1S/C21H34N2/c1-17(2)13-20-16-23(15-18-9-5-3-6-10-18)21(14-22-20)19-11-7-4-8-12-19/h3,5-6,9-10,17,19-22H,4,7-8,11-16H2,1-2H3. The molecule has 2 unspecified atom stereocenters. The van der Waals surface area contributed by atoms with Crippen molar-refractivity contribution in [3.8, 4) is 0 Å². The topological polar surface area (TPSA) is 15.3 Å². The van der Waals surface area contributed by atoms with Gasteiger partial charge in [0.15, 0.2) is 0 Å². The molecule has 3 rings (SSSR count). The summed E-state index contributed by atoms with van der Waals surface area (Å²) in [6.07, 6.45) is 8.50. The number of rotatable bonds is 5. The molecule has 2 nitrogen and oxygen atoms in total. The van der Waals surface area contributed by atoms with Crippen molar-refractivity contribution in [2.75, 3.05) is 13.1 Å². The Morgan fingerprint density at radius 2 is 1.83 bits per heavy atom. The summed E-state index contributed by atoms with van der Waals surface area (Å²) in [5.74, 6) is 1.68. The van der Waals surface area contributed by atoms with Crippen LogP contribution in [0.15, 0.2) is 30.3 Å². The van der Waals surface area contributed by atoms with Crippen molar-refractivity contribution in [1.29, 1.82) is 0 Å². The molecule has 1 N–H and O–H groups in total. The van der Waals surface area contributed by atoms with Crippen LogP contribution in [0.25, 0.3) is 0 Å². The highest BCUT2D eigenvalue weighted by Crippen LogP contribution is 2.31. The predicted octanol–water partition coefficient (Wildman–Crippen LogP) is 4.46. The van der Waals surface area contributed by atoms with Gasteiger partial charge < -0.3 is 5.32 Å². The Morgan fingerprint density at radius 3 is 2.52 bits per heavy atom. The van der Waals surface area contributed by atoms with E-state index in [-0.39, 0.29) is 0 Å². The molecule has 1 saturated heterocycles. The monoisotopic (exact) mass is 314 g/mol. The molecular weight excluding hydrogens is 280 g/mol. The van der Waals surface area contributed by atoms with Gasteiger partial charge >= 0.3 is 0 Å². The quantitative estimate of drug-likeness (QED) is 0.863. The number of benzene rings is 1. The fourth-order valence-electron chi connectivity index (χ4n) is 4.61. The summed E-state index contributed by atoms with van der Waals surface area (Å²) in [5, 5.41) is 3.87. The highest BCUT2D eigenvalue weighted by molar-refractivity contribution is 5.15. The van der Waals surface area contributed by atoms with Crippen LogP contribution in [0.2, 0.25) is 0 Å². The third-order valence-electron chi connectivity index (χ3n) is 5.72. The van der Waals surface area contributed by atoms with E-state index in [0.29, 0.717) is 6.04 Å². The van der Waals surface area contributed by atoms with Crippen molar-refractivity contribution in [1.82, 2.24) is 10.2 Å². The van der Waals surface area contributed by atoms with Crippen molar-refractivity contribution in [3.05, 3.63) is 35.9 Å². The first-order valence-electron chi connectivity index (χ1n) is 9.73. The van der Waals surface area contributed by atoms with Gasteiger partial charge in [-0.05, 0) is 36.7 Å². The van der Waals surface area contributed by atoms with Crippen LogP contribution < -0.4 is 5.32 Å². The van der Waals surface area contributed by atoms with Crippen LogP contribution in [0.3, 0.4) is 0 Å². The first-order chi connectivity index (χ1) is 11.2. The minimum absolute atomic E-state index is 0.665. The normalized spacial score (nSPS) is 27.4. The van der Waals surface area contributed by atoms with Gasteiger partial charge in [-0.1, -0.05) is 63.4 Å². The van der Waals surface area contributed by atoms with E-state index in [1.54, 1.807) is 0 Å². The fourth-order valence-corrected chi connectivity index (χ4v) is 4.61. The smallest absolute Gasteiger partial charge is 0.0253 e. The number of piperazine rings is 1. The summed E-state index contributed by atoms with van der Waals surface area (Å²) in [5.41, 5.74) is 1.47. The molecule has 2 heteroatoms. The van der Waals surface area contributed by atoms with Gasteiger partial charge in [-0.15, -0.1) is 0 Å². The predicted molar refractivity (Wildman–Crippen MR) is 98.5 cm³/mol. The minimum Gasteiger partial charge on any atom is -0.311 e. The van der Waals surface area contributed by atoms with Gasteiger partial charge in [-0.3, -0.25) is 4.90 Å². The zero-order valence-corrected chi connectivity index (χ0v) is 15.0. The second-order valence-electron chi connectivity index (χ2n) is 8.12. The molecule has 0 bridgehead atoms. The Hall–Kier alpha value is -0.860. The van der Waals surface area contributed by atoms with Crippen LogP contribution >= 0.6 is 0 Å². The average Bonchev–Trinajstić information content (AvgIpc) is 2.56. The zero-order valence-electron chi connectivity index (χ0n) is 15.0. The van der Waals surface area contributed by atoms with Crippen LogP contribution in [0, 0.1) is 11.8 Å². The van der Waals surface area contributed by atoms with Crippen molar-refractivity contribution < 1.29 is 0 Å². The van der Waals surface area contributed by atoms with E-state index in [9.17, 15) is 0 Å². The molecule has 1 aromatic carbocycles. The average molecular weight is 315 g/mol. The molecule has 0 amide bonds. The second-order valence-corrected chi connectivity index (χ2v) is 8.12. The summed E-state index contributed by atoms with van der Waals surface area (Å²) in [6.45, 7) is 8.22. The SMILES string of the molecule is CC(C)CC1CN(Cc2ccccc2)C(C2CCCCC2)CN1. The highest BCUT2D eigenvalue weighted by Gasteiger charge is 2.33. The molecule has 23 heavy (non-hydrogen) atoms. The summed E-state index contributed by atoms with van der Waals surface area (Å²) >= 11 is 0. The Morgan fingerprint density at radius 1 is 1.09 bits per heavy atom. The third-order valence-corrected chi connectivity index (χ3v) is 5.72. The lowest BCUT2D eigenvalue weighted by Crippen LogP contribution is -2.58. The molecule has 1 saturated carbocycles. The third kappa shape index (κ3) is 4.81. The van der Waals surface area contributed by atoms with Gasteiger partial charge in [0.05, 0.1) is 0 Å². The number of nitrogens with one attached hydrogen (secondary N) is 1. The van der Waals surface area contributed by atoms with Gasteiger partial charge in [0, 0.05) is 31.7 Å². The van der Waals surface area contributed by atoms with E-state index >= 15 is 0 Å². The van der Waals surface area contributed by atoms with Crippen LogP contribution in [0.1, 0.15) is 57.9 Å². The molecule has 1 aliphatic carbocycles. The number of hydrogen-bond donors (Lipinski definition) is 1.